The van der Waals surface area contributed by atoms with Gasteiger partial charge in [0, 0.05) is 75.3 Å². The quantitative estimate of drug-likeness (QED) is 0.0310. The lowest BCUT2D eigenvalue weighted by Gasteiger charge is -2.34. The van der Waals surface area contributed by atoms with Crippen LogP contribution in [-0.4, -0.2) is 121 Å². The molecule has 17 nitrogen and oxygen atoms in total. The number of aromatic amines is 1. The molecule has 4 unspecified atom stereocenters. The molecule has 2 aliphatic heterocycles. The number of nitrogens with two attached hydrogens (primary N) is 1. The van der Waals surface area contributed by atoms with Gasteiger partial charge in [0.2, 0.25) is 38.3 Å². The highest BCUT2D eigenvalue weighted by atomic mass is 32.2. The van der Waals surface area contributed by atoms with Gasteiger partial charge in [0.25, 0.3) is 0 Å². The number of sulfonamides is 2. The number of benzene rings is 4. The summed E-state index contributed by atoms with van der Waals surface area (Å²) in [5, 5.41) is 6.01. The summed E-state index contributed by atoms with van der Waals surface area (Å²) < 4.78 is 211. The number of aromatic nitrogens is 3. The van der Waals surface area contributed by atoms with E-state index in [0.717, 1.165) is 57.4 Å². The third-order valence-electron chi connectivity index (χ3n) is 13.3. The molecule has 79 heavy (non-hydrogen) atoms. The second-order valence-corrected chi connectivity index (χ2v) is 22.2. The predicted octanol–water partition coefficient (Wildman–Crippen LogP) is 7.66. The van der Waals surface area contributed by atoms with Crippen molar-refractivity contribution in [1.29, 1.82) is 0 Å². The summed E-state index contributed by atoms with van der Waals surface area (Å²) >= 11 is 0. The molecule has 1 aromatic heterocycles. The molecular weight excluding hydrogens is 1120 g/mol. The van der Waals surface area contributed by atoms with E-state index >= 15 is 0 Å². The monoisotopic (exact) mass is 1160 g/mol. The minimum absolute atomic E-state index is 0.0168. The van der Waals surface area contributed by atoms with E-state index in [0.29, 0.717) is 48.6 Å². The van der Waals surface area contributed by atoms with Gasteiger partial charge in [-0.05, 0) is 96.5 Å². The van der Waals surface area contributed by atoms with E-state index in [4.69, 9.17) is 11.4 Å². The summed E-state index contributed by atoms with van der Waals surface area (Å²) in [5.41, 5.74) is -1.54. The highest BCUT2D eigenvalue weighted by Gasteiger charge is 2.49. The van der Waals surface area contributed by atoms with E-state index in [9.17, 15) is 79.1 Å². The molecule has 4 N–H and O–H groups in total. The molecule has 424 valence electrons. The van der Waals surface area contributed by atoms with Crippen LogP contribution in [0.15, 0.2) is 101 Å². The van der Waals surface area contributed by atoms with E-state index in [1.165, 1.54) is 34.1 Å². The van der Waals surface area contributed by atoms with Crippen LogP contribution in [0.4, 0.5) is 58.4 Å². The van der Waals surface area contributed by atoms with Crippen LogP contribution in [0.1, 0.15) is 58.1 Å². The van der Waals surface area contributed by atoms with Crippen molar-refractivity contribution in [3.05, 3.63) is 136 Å². The zero-order valence-electron chi connectivity index (χ0n) is 40.5. The maximum Gasteiger partial charge on any atom is 0.416 e. The van der Waals surface area contributed by atoms with Crippen molar-refractivity contribution in [2.75, 3.05) is 52.4 Å². The number of piperazine rings is 2. The second-order valence-electron chi connectivity index (χ2n) is 18.3. The minimum Gasteiger partial charge on any atom is -0.340 e. The smallest absolute Gasteiger partial charge is 0.340 e. The minimum atomic E-state index is -4.83. The maximum absolute atomic E-state index is 13.5. The molecule has 0 spiro atoms. The fourth-order valence-electron chi connectivity index (χ4n) is 8.93. The van der Waals surface area contributed by atoms with Crippen LogP contribution in [0, 0.1) is 18.4 Å². The SMILES string of the molecule is NNC=O.O=C(C1CC1c1ccc(C(F)(F)F)cc1)N1CCN(S(=O)(=O)c2cc(-c3ncn[nH]3)cc(C(F)(F)F)c2)CC1.[C-]#[N+]c1cc(C(F)(F)F)cc(S(=O)(=O)N2CCN(C(=O)C3CC3c3ccc(C(F)(F)F)cc3)CC2)c1. The highest BCUT2D eigenvalue weighted by Crippen LogP contribution is 2.50. The first kappa shape index (κ1) is 59.5. The number of alkyl halides is 12. The lowest BCUT2D eigenvalue weighted by Crippen LogP contribution is -2.51. The van der Waals surface area contributed by atoms with Crippen molar-refractivity contribution in [3.8, 4) is 11.4 Å². The summed E-state index contributed by atoms with van der Waals surface area (Å²) in [4.78, 5) is 43.2. The zero-order chi connectivity index (χ0) is 58.0. The van der Waals surface area contributed by atoms with Crippen LogP contribution in [-0.2, 0) is 59.1 Å². The number of carbonyl (C=O) groups excluding carboxylic acids is 3. The number of carbonyl (C=O) groups is 3. The number of hydrogen-bond donors (Lipinski definition) is 3. The van der Waals surface area contributed by atoms with Crippen LogP contribution >= 0.6 is 0 Å². The van der Waals surface area contributed by atoms with Gasteiger partial charge >= 0.3 is 24.7 Å². The number of rotatable bonds is 10. The van der Waals surface area contributed by atoms with Gasteiger partial charge in [-0.25, -0.2) is 32.5 Å². The number of hydrogen-bond acceptors (Lipinski definition) is 10. The Hall–Kier alpha value is -7.14. The van der Waals surface area contributed by atoms with Crippen LogP contribution in [0.2, 0.25) is 0 Å². The molecule has 2 saturated heterocycles. The number of H-pyrrole nitrogens is 1. The molecule has 4 aliphatic rings. The normalized spacial score (nSPS) is 20.2. The van der Waals surface area contributed by atoms with Crippen molar-refractivity contribution >= 4 is 44.0 Å². The lowest BCUT2D eigenvalue weighted by molar-refractivity contribution is -0.138. The number of nitrogens with zero attached hydrogens (tertiary/aromatic N) is 7. The van der Waals surface area contributed by atoms with Crippen molar-refractivity contribution in [3.63, 3.8) is 0 Å². The number of nitrogens with one attached hydrogen (secondary N) is 2. The first-order valence-corrected chi connectivity index (χ1v) is 26.3. The lowest BCUT2D eigenvalue weighted by atomic mass is 10.1. The first-order valence-electron chi connectivity index (χ1n) is 23.4. The highest BCUT2D eigenvalue weighted by molar-refractivity contribution is 7.89. The molecule has 2 saturated carbocycles. The van der Waals surface area contributed by atoms with Gasteiger partial charge in [-0.15, -0.1) is 0 Å². The number of hydrazine groups is 1. The molecule has 31 heteroatoms. The van der Waals surface area contributed by atoms with Crippen molar-refractivity contribution in [2.45, 2.75) is 59.2 Å². The zero-order valence-corrected chi connectivity index (χ0v) is 42.2. The largest absolute Gasteiger partial charge is 0.416 e. The molecule has 0 radical (unpaired) electrons. The summed E-state index contributed by atoms with van der Waals surface area (Å²) in [7, 11) is -8.68. The molecule has 4 fully saturated rings. The number of amides is 3. The Kier molecular flexibility index (Phi) is 17.3. The Bertz CT molecular complexity index is 3290. The molecule has 5 aromatic rings. The van der Waals surface area contributed by atoms with Gasteiger partial charge in [0.1, 0.15) is 6.33 Å². The fourth-order valence-corrected chi connectivity index (χ4v) is 11.9. The number of halogens is 12. The molecule has 4 aromatic carbocycles. The standard InChI is InChI=1S/C24H21F6N5O3S.C23H19F6N3O3S.CH4N2O/c25-23(26,27)16-3-1-14(2-4-16)19-12-20(19)22(36)34-5-7-35(8-6-34)39(37,38)18-10-15(21-31-13-32-33-21)9-17(11-18)24(28,29)30;1-30-17-10-16(23(27,28)29)11-18(12-17)36(34,35)32-8-6-31(7-9-32)21(33)20-13-19(20)14-2-4-15(5-3-14)22(24,25)26;2-3-1-4/h1-4,9-11,13,19-20H,5-8,12H2,(H,31,32,33);2-5,10-12,19-20H,6-9,13H2;1H,2H2,(H,3,4). The Morgan fingerprint density at radius 1 is 0.595 bits per heavy atom. The maximum atomic E-state index is 13.5. The van der Waals surface area contributed by atoms with Crippen molar-refractivity contribution < 1.29 is 83.9 Å². The van der Waals surface area contributed by atoms with E-state index in [1.54, 1.807) is 5.43 Å². The van der Waals surface area contributed by atoms with Crippen molar-refractivity contribution in [2.24, 2.45) is 17.7 Å². The fraction of sp³-hybridized carbons (Fsp3) is 0.375. The average molecular weight is 1170 g/mol. The van der Waals surface area contributed by atoms with Gasteiger partial charge in [-0.2, -0.15) is 66.4 Å². The summed E-state index contributed by atoms with van der Waals surface area (Å²) in [6, 6.07) is 13.6. The Morgan fingerprint density at radius 3 is 1.32 bits per heavy atom. The van der Waals surface area contributed by atoms with Crippen LogP contribution in [0.3, 0.4) is 0 Å². The molecule has 2 aliphatic carbocycles. The molecule has 9 rings (SSSR count). The van der Waals surface area contributed by atoms with E-state index < -0.39 is 94.3 Å². The first-order chi connectivity index (χ1) is 36.9. The predicted molar refractivity (Wildman–Crippen MR) is 253 cm³/mol. The third-order valence-corrected chi connectivity index (χ3v) is 17.0. The Morgan fingerprint density at radius 2 is 0.975 bits per heavy atom. The second kappa shape index (κ2) is 22.9. The van der Waals surface area contributed by atoms with E-state index in [1.807, 2.05) is 0 Å². The average Bonchev–Trinajstić information content (AvgIpc) is 4.53. The van der Waals surface area contributed by atoms with E-state index in [2.05, 4.69) is 25.9 Å². The van der Waals surface area contributed by atoms with Gasteiger partial charge in [-0.1, -0.05) is 24.3 Å². The topological polar surface area (TPSA) is 216 Å². The van der Waals surface area contributed by atoms with Crippen LogP contribution < -0.4 is 11.3 Å². The van der Waals surface area contributed by atoms with Gasteiger partial charge in [0.05, 0.1) is 33.1 Å². The van der Waals surface area contributed by atoms with Gasteiger partial charge < -0.3 is 9.80 Å². The molecule has 0 bridgehead atoms. The Balaban J connectivity index is 0.000000215. The summed E-state index contributed by atoms with van der Waals surface area (Å²) in [6.45, 7) is 6.54. The van der Waals surface area contributed by atoms with Crippen molar-refractivity contribution in [1.82, 2.24) is 39.0 Å². The van der Waals surface area contributed by atoms with Crippen LogP contribution in [0.5, 0.6) is 0 Å². The summed E-state index contributed by atoms with van der Waals surface area (Å²) in [5.74, 6) is 2.62. The van der Waals surface area contributed by atoms with Crippen LogP contribution in [0.25, 0.3) is 16.2 Å². The van der Waals surface area contributed by atoms with E-state index in [-0.39, 0.29) is 87.4 Å². The Labute approximate surface area is 442 Å². The molecule has 3 amide bonds. The van der Waals surface area contributed by atoms with Gasteiger partial charge in [0.15, 0.2) is 11.5 Å². The third kappa shape index (κ3) is 14.0. The molecule has 3 heterocycles. The molecule has 4 atom stereocenters. The van der Waals surface area contributed by atoms with Gasteiger partial charge in [-0.3, -0.25) is 24.9 Å². The molecular formula is C48H44F12N10O7S2. The summed E-state index contributed by atoms with van der Waals surface area (Å²) in [6.07, 6.45) is -16.1.